The predicted molar refractivity (Wildman–Crippen MR) is 72.1 cm³/mol. The number of hydrogen-bond donors (Lipinski definition) is 1. The fraction of sp³-hybridized carbons (Fsp3) is 0.429. The molecule has 5 nitrogen and oxygen atoms in total. The van der Waals surface area contributed by atoms with Crippen LogP contribution in [0.4, 0.5) is 5.69 Å². The molecule has 0 aliphatic carbocycles. The van der Waals surface area contributed by atoms with E-state index < -0.39 is 0 Å². The van der Waals surface area contributed by atoms with Gasteiger partial charge in [-0.15, -0.1) is 0 Å². The second kappa shape index (κ2) is 5.73. The van der Waals surface area contributed by atoms with Crippen molar-refractivity contribution in [3.05, 3.63) is 24.3 Å². The van der Waals surface area contributed by atoms with Crippen LogP contribution in [0.3, 0.4) is 0 Å². The molecule has 0 bridgehead atoms. The number of carbonyl (C=O) groups is 2. The van der Waals surface area contributed by atoms with Crippen LogP contribution in [0, 0.1) is 5.92 Å². The molecule has 1 aromatic carbocycles. The average molecular weight is 262 g/mol. The molecular formula is C14H18N2O3. The third-order valence-corrected chi connectivity index (χ3v) is 3.23. The smallest absolute Gasteiger partial charge is 0.227 e. The third-order valence-electron chi connectivity index (χ3n) is 3.23. The summed E-state index contributed by atoms with van der Waals surface area (Å²) >= 11 is 0. The van der Waals surface area contributed by atoms with Crippen molar-refractivity contribution in [3.8, 4) is 5.75 Å². The summed E-state index contributed by atoms with van der Waals surface area (Å²) in [6, 6.07) is 7.42. The molecule has 102 valence electrons. The molecule has 0 spiro atoms. The van der Waals surface area contributed by atoms with Gasteiger partial charge in [0, 0.05) is 38.0 Å². The number of methoxy groups -OCH3 is 1. The number of benzene rings is 1. The van der Waals surface area contributed by atoms with Crippen molar-refractivity contribution < 1.29 is 14.3 Å². The molecular weight excluding hydrogens is 244 g/mol. The summed E-state index contributed by atoms with van der Waals surface area (Å²) in [6.45, 7) is 2.68. The van der Waals surface area contributed by atoms with Crippen LogP contribution in [0.15, 0.2) is 24.3 Å². The van der Waals surface area contributed by atoms with Crippen LogP contribution >= 0.6 is 0 Å². The minimum Gasteiger partial charge on any atom is -0.497 e. The Balaban J connectivity index is 2.00. The molecule has 1 saturated heterocycles. The van der Waals surface area contributed by atoms with Crippen LogP contribution < -0.4 is 15.0 Å². The number of amides is 2. The van der Waals surface area contributed by atoms with Gasteiger partial charge in [0.25, 0.3) is 0 Å². The van der Waals surface area contributed by atoms with E-state index in [1.807, 2.05) is 24.3 Å². The lowest BCUT2D eigenvalue weighted by atomic mass is 10.1. The monoisotopic (exact) mass is 262 g/mol. The fourth-order valence-corrected chi connectivity index (χ4v) is 2.22. The first-order chi connectivity index (χ1) is 9.10. The van der Waals surface area contributed by atoms with Gasteiger partial charge in [0.1, 0.15) is 5.75 Å². The summed E-state index contributed by atoms with van der Waals surface area (Å²) in [7, 11) is 1.61. The van der Waals surface area contributed by atoms with Crippen LogP contribution in [0.1, 0.15) is 13.3 Å². The van der Waals surface area contributed by atoms with Crippen molar-refractivity contribution in [2.75, 3.05) is 25.1 Å². The Labute approximate surface area is 112 Å². The normalized spacial score (nSPS) is 18.5. The lowest BCUT2D eigenvalue weighted by Crippen LogP contribution is -2.29. The summed E-state index contributed by atoms with van der Waals surface area (Å²) in [6.07, 6.45) is 0.478. The zero-order chi connectivity index (χ0) is 13.8. The maximum absolute atomic E-state index is 12.0. The second-order valence-electron chi connectivity index (χ2n) is 4.71. The minimum atomic E-state index is -0.0599. The lowest BCUT2D eigenvalue weighted by Gasteiger charge is -2.17. The summed E-state index contributed by atoms with van der Waals surface area (Å²) in [5.41, 5.74) is 0.871. The van der Waals surface area contributed by atoms with Crippen LogP contribution in [-0.4, -0.2) is 32.0 Å². The van der Waals surface area contributed by atoms with Crippen LogP contribution in [0.25, 0.3) is 0 Å². The van der Waals surface area contributed by atoms with E-state index in [4.69, 9.17) is 4.74 Å². The van der Waals surface area contributed by atoms with Gasteiger partial charge in [-0.1, -0.05) is 0 Å². The van der Waals surface area contributed by atoms with Gasteiger partial charge in [0.05, 0.1) is 7.11 Å². The number of nitrogens with zero attached hydrogens (tertiary/aromatic N) is 1. The SMILES string of the molecule is COc1ccc(N2CC(CNC(C)=O)CC2=O)cc1. The third kappa shape index (κ3) is 3.24. The highest BCUT2D eigenvalue weighted by molar-refractivity contribution is 5.95. The minimum absolute atomic E-state index is 0.0599. The second-order valence-corrected chi connectivity index (χ2v) is 4.71. The van der Waals surface area contributed by atoms with Crippen LogP contribution in [0.2, 0.25) is 0 Å². The molecule has 2 rings (SSSR count). The molecule has 1 heterocycles. The van der Waals surface area contributed by atoms with Crippen molar-refractivity contribution in [3.63, 3.8) is 0 Å². The van der Waals surface area contributed by atoms with E-state index >= 15 is 0 Å². The Hall–Kier alpha value is -2.04. The lowest BCUT2D eigenvalue weighted by molar-refractivity contribution is -0.120. The predicted octanol–water partition coefficient (Wildman–Crippen LogP) is 1.18. The molecule has 1 unspecified atom stereocenters. The standard InChI is InChI=1S/C14H18N2O3/c1-10(17)15-8-11-7-14(18)16(9-11)12-3-5-13(19-2)6-4-12/h3-6,11H,7-9H2,1-2H3,(H,15,17). The zero-order valence-corrected chi connectivity index (χ0v) is 11.2. The highest BCUT2D eigenvalue weighted by atomic mass is 16.5. The summed E-state index contributed by atoms with van der Waals surface area (Å²) in [5.74, 6) is 0.986. The van der Waals surface area contributed by atoms with Gasteiger partial charge in [-0.05, 0) is 24.3 Å². The number of carbonyl (C=O) groups excluding carboxylic acids is 2. The molecule has 1 aromatic rings. The summed E-state index contributed by atoms with van der Waals surface area (Å²) in [5, 5.41) is 2.76. The van der Waals surface area contributed by atoms with Crippen LogP contribution in [0.5, 0.6) is 5.75 Å². The van der Waals surface area contributed by atoms with Crippen molar-refractivity contribution in [2.24, 2.45) is 5.92 Å². The van der Waals surface area contributed by atoms with Crippen molar-refractivity contribution >= 4 is 17.5 Å². The van der Waals surface area contributed by atoms with E-state index in [0.29, 0.717) is 19.5 Å². The van der Waals surface area contributed by atoms with Gasteiger partial charge in [-0.2, -0.15) is 0 Å². The fourth-order valence-electron chi connectivity index (χ4n) is 2.22. The van der Waals surface area contributed by atoms with Gasteiger partial charge < -0.3 is 15.0 Å². The Morgan fingerprint density at radius 3 is 2.68 bits per heavy atom. The van der Waals surface area contributed by atoms with Gasteiger partial charge in [-0.3, -0.25) is 9.59 Å². The van der Waals surface area contributed by atoms with Crippen LogP contribution in [-0.2, 0) is 9.59 Å². The molecule has 19 heavy (non-hydrogen) atoms. The van der Waals surface area contributed by atoms with E-state index in [1.54, 1.807) is 12.0 Å². The van der Waals surface area contributed by atoms with E-state index in [1.165, 1.54) is 6.92 Å². The number of ether oxygens (including phenoxy) is 1. The molecule has 1 N–H and O–H groups in total. The highest BCUT2D eigenvalue weighted by Crippen LogP contribution is 2.26. The average Bonchev–Trinajstić information content (AvgIpc) is 2.78. The quantitative estimate of drug-likeness (QED) is 0.886. The Morgan fingerprint density at radius 1 is 1.42 bits per heavy atom. The molecule has 2 amide bonds. The van der Waals surface area contributed by atoms with Crippen molar-refractivity contribution in [2.45, 2.75) is 13.3 Å². The first-order valence-corrected chi connectivity index (χ1v) is 6.29. The topological polar surface area (TPSA) is 58.6 Å². The highest BCUT2D eigenvalue weighted by Gasteiger charge is 2.30. The molecule has 1 aliphatic rings. The largest absolute Gasteiger partial charge is 0.497 e. The van der Waals surface area contributed by atoms with Crippen molar-refractivity contribution in [1.29, 1.82) is 0 Å². The van der Waals surface area contributed by atoms with E-state index in [2.05, 4.69) is 5.32 Å². The Morgan fingerprint density at radius 2 is 2.11 bits per heavy atom. The maximum atomic E-state index is 12.0. The molecule has 5 heteroatoms. The number of rotatable bonds is 4. The zero-order valence-electron chi connectivity index (χ0n) is 11.2. The summed E-state index contributed by atoms with van der Waals surface area (Å²) in [4.78, 5) is 24.6. The Kier molecular flexibility index (Phi) is 4.04. The van der Waals surface area contributed by atoms with Gasteiger partial charge in [-0.25, -0.2) is 0 Å². The van der Waals surface area contributed by atoms with Gasteiger partial charge >= 0.3 is 0 Å². The molecule has 1 atom stereocenters. The number of anilines is 1. The summed E-state index contributed by atoms with van der Waals surface area (Å²) < 4.78 is 5.09. The molecule has 0 saturated carbocycles. The first kappa shape index (κ1) is 13.4. The van der Waals surface area contributed by atoms with E-state index in [-0.39, 0.29) is 17.7 Å². The molecule has 0 radical (unpaired) electrons. The maximum Gasteiger partial charge on any atom is 0.227 e. The van der Waals surface area contributed by atoms with E-state index in [9.17, 15) is 9.59 Å². The first-order valence-electron chi connectivity index (χ1n) is 6.29. The Bertz CT molecular complexity index is 470. The molecule has 1 aliphatic heterocycles. The number of hydrogen-bond acceptors (Lipinski definition) is 3. The molecule has 1 fully saturated rings. The van der Waals surface area contributed by atoms with Gasteiger partial charge in [0.15, 0.2) is 0 Å². The van der Waals surface area contributed by atoms with Crippen molar-refractivity contribution in [1.82, 2.24) is 5.32 Å². The molecule has 0 aromatic heterocycles. The van der Waals surface area contributed by atoms with Gasteiger partial charge in [0.2, 0.25) is 11.8 Å². The van der Waals surface area contributed by atoms with E-state index in [0.717, 1.165) is 11.4 Å². The number of nitrogens with one attached hydrogen (secondary N) is 1.